The molecule has 3 unspecified atom stereocenters. The van der Waals surface area contributed by atoms with Gasteiger partial charge in [-0.1, -0.05) is 12.2 Å². The van der Waals surface area contributed by atoms with Crippen LogP contribution < -0.4 is 5.32 Å². The van der Waals surface area contributed by atoms with Gasteiger partial charge in [0.25, 0.3) is 0 Å². The topological polar surface area (TPSA) is 75.6 Å². The molecule has 0 saturated carbocycles. The molecule has 2 N–H and O–H groups in total. The minimum atomic E-state index is -0.881. The fourth-order valence-electron chi connectivity index (χ4n) is 2.72. The van der Waals surface area contributed by atoms with E-state index in [1.807, 2.05) is 12.2 Å². The quantitative estimate of drug-likeness (QED) is 0.734. The van der Waals surface area contributed by atoms with Gasteiger partial charge in [-0.3, -0.25) is 9.59 Å². The zero-order chi connectivity index (χ0) is 13.7. The number of hydrogen-bond donors (Lipinski definition) is 2. The fraction of sp³-hybridized carbons (Fsp3) is 0.714. The average molecular weight is 267 g/mol. The van der Waals surface area contributed by atoms with Crippen molar-refractivity contribution in [2.24, 2.45) is 17.8 Å². The SMILES string of the molecule is O=C(O)C1CC=CCC1C(=O)NCCC1CCOC1. The summed E-state index contributed by atoms with van der Waals surface area (Å²) in [6, 6.07) is 0. The fourth-order valence-corrected chi connectivity index (χ4v) is 2.72. The number of hydrogen-bond acceptors (Lipinski definition) is 3. The number of nitrogens with one attached hydrogen (secondary N) is 1. The standard InChI is InChI=1S/C14H21NO4/c16-13(15-7-5-10-6-8-19-9-10)11-3-1-2-4-12(11)14(17)18/h1-2,10-12H,3-9H2,(H,15,16)(H,17,18). The molecule has 1 aliphatic carbocycles. The number of allylic oxidation sites excluding steroid dienone is 2. The molecule has 0 aromatic rings. The normalized spacial score (nSPS) is 30.2. The lowest BCUT2D eigenvalue weighted by Gasteiger charge is -2.24. The van der Waals surface area contributed by atoms with E-state index >= 15 is 0 Å². The molecular formula is C14H21NO4. The number of aliphatic carboxylic acids is 1. The third-order valence-corrected chi connectivity index (χ3v) is 3.96. The summed E-state index contributed by atoms with van der Waals surface area (Å²) in [5.74, 6) is -1.49. The smallest absolute Gasteiger partial charge is 0.307 e. The third-order valence-electron chi connectivity index (χ3n) is 3.96. The maximum absolute atomic E-state index is 12.0. The maximum atomic E-state index is 12.0. The number of rotatable bonds is 5. The van der Waals surface area contributed by atoms with Crippen LogP contribution in [-0.2, 0) is 14.3 Å². The summed E-state index contributed by atoms with van der Waals surface area (Å²) in [5.41, 5.74) is 0. The zero-order valence-electron chi connectivity index (χ0n) is 11.0. The molecule has 2 rings (SSSR count). The van der Waals surface area contributed by atoms with Crippen molar-refractivity contribution < 1.29 is 19.4 Å². The first kappa shape index (κ1) is 14.1. The second-order valence-electron chi connectivity index (χ2n) is 5.30. The first-order valence-corrected chi connectivity index (χ1v) is 6.91. The lowest BCUT2D eigenvalue weighted by atomic mass is 9.82. The van der Waals surface area contributed by atoms with Crippen LogP contribution in [0.25, 0.3) is 0 Å². The number of carbonyl (C=O) groups excluding carboxylic acids is 1. The van der Waals surface area contributed by atoms with Crippen LogP contribution in [0.15, 0.2) is 12.2 Å². The van der Waals surface area contributed by atoms with E-state index in [4.69, 9.17) is 9.84 Å². The molecule has 1 amide bonds. The van der Waals surface area contributed by atoms with Gasteiger partial charge >= 0.3 is 5.97 Å². The lowest BCUT2D eigenvalue weighted by molar-refractivity contribution is -0.147. The number of ether oxygens (including phenoxy) is 1. The first-order valence-electron chi connectivity index (χ1n) is 6.91. The Bertz CT molecular complexity index is 360. The Hall–Kier alpha value is -1.36. The second kappa shape index (κ2) is 6.70. The number of carbonyl (C=O) groups is 2. The summed E-state index contributed by atoms with van der Waals surface area (Å²) in [6.07, 6.45) is 6.68. The van der Waals surface area contributed by atoms with Crippen molar-refractivity contribution >= 4 is 11.9 Å². The Morgan fingerprint density at radius 1 is 1.26 bits per heavy atom. The first-order chi connectivity index (χ1) is 9.18. The molecule has 0 bridgehead atoms. The van der Waals surface area contributed by atoms with Crippen molar-refractivity contribution in [1.29, 1.82) is 0 Å². The van der Waals surface area contributed by atoms with Gasteiger partial charge in [0.05, 0.1) is 11.8 Å². The Labute approximate surface area is 113 Å². The highest BCUT2D eigenvalue weighted by Gasteiger charge is 2.33. The Kier molecular flexibility index (Phi) is 4.96. The second-order valence-corrected chi connectivity index (χ2v) is 5.30. The van der Waals surface area contributed by atoms with Gasteiger partial charge in [-0.15, -0.1) is 0 Å². The van der Waals surface area contributed by atoms with Crippen LogP contribution in [0.1, 0.15) is 25.7 Å². The summed E-state index contributed by atoms with van der Waals surface area (Å²) in [6.45, 7) is 2.20. The van der Waals surface area contributed by atoms with Crippen LogP contribution in [-0.4, -0.2) is 36.7 Å². The van der Waals surface area contributed by atoms with Crippen molar-refractivity contribution in [1.82, 2.24) is 5.32 Å². The van der Waals surface area contributed by atoms with E-state index in [-0.39, 0.29) is 5.91 Å². The van der Waals surface area contributed by atoms with Crippen LogP contribution in [0.3, 0.4) is 0 Å². The Morgan fingerprint density at radius 2 is 2.00 bits per heavy atom. The van der Waals surface area contributed by atoms with Crippen molar-refractivity contribution in [3.05, 3.63) is 12.2 Å². The van der Waals surface area contributed by atoms with Gasteiger partial charge in [0.15, 0.2) is 0 Å². The summed E-state index contributed by atoms with van der Waals surface area (Å²) in [5, 5.41) is 12.0. The van der Waals surface area contributed by atoms with E-state index in [9.17, 15) is 9.59 Å². The minimum Gasteiger partial charge on any atom is -0.481 e. The van der Waals surface area contributed by atoms with Crippen molar-refractivity contribution in [2.45, 2.75) is 25.7 Å². The van der Waals surface area contributed by atoms with Gasteiger partial charge < -0.3 is 15.2 Å². The van der Waals surface area contributed by atoms with Crippen molar-refractivity contribution in [3.8, 4) is 0 Å². The summed E-state index contributed by atoms with van der Waals surface area (Å²) in [4.78, 5) is 23.2. The molecule has 5 heteroatoms. The maximum Gasteiger partial charge on any atom is 0.307 e. The molecule has 1 saturated heterocycles. The molecule has 1 fully saturated rings. The summed E-state index contributed by atoms with van der Waals surface area (Å²) >= 11 is 0. The van der Waals surface area contributed by atoms with E-state index < -0.39 is 17.8 Å². The molecule has 3 atom stereocenters. The van der Waals surface area contributed by atoms with Gasteiger partial charge in [-0.05, 0) is 31.6 Å². The van der Waals surface area contributed by atoms with Crippen LogP contribution in [0.5, 0.6) is 0 Å². The molecule has 0 spiro atoms. The average Bonchev–Trinajstić information content (AvgIpc) is 2.91. The van der Waals surface area contributed by atoms with E-state index in [0.717, 1.165) is 26.1 Å². The predicted molar refractivity (Wildman–Crippen MR) is 69.5 cm³/mol. The lowest BCUT2D eigenvalue weighted by Crippen LogP contribution is -2.39. The Balaban J connectivity index is 1.77. The van der Waals surface area contributed by atoms with Crippen LogP contribution >= 0.6 is 0 Å². The van der Waals surface area contributed by atoms with Gasteiger partial charge in [-0.2, -0.15) is 0 Å². The van der Waals surface area contributed by atoms with Gasteiger partial charge in [-0.25, -0.2) is 0 Å². The van der Waals surface area contributed by atoms with E-state index in [1.165, 1.54) is 0 Å². The number of carboxylic acids is 1. The van der Waals surface area contributed by atoms with Crippen LogP contribution in [0.2, 0.25) is 0 Å². The number of amides is 1. The largest absolute Gasteiger partial charge is 0.481 e. The monoisotopic (exact) mass is 267 g/mol. The third kappa shape index (κ3) is 3.80. The molecule has 0 aromatic heterocycles. The van der Waals surface area contributed by atoms with E-state index in [1.54, 1.807) is 0 Å². The molecule has 5 nitrogen and oxygen atoms in total. The van der Waals surface area contributed by atoms with Crippen molar-refractivity contribution in [2.75, 3.05) is 19.8 Å². The minimum absolute atomic E-state index is 0.129. The van der Waals surface area contributed by atoms with Gasteiger partial charge in [0.2, 0.25) is 5.91 Å². The van der Waals surface area contributed by atoms with Crippen LogP contribution in [0.4, 0.5) is 0 Å². The van der Waals surface area contributed by atoms with Gasteiger partial charge in [0.1, 0.15) is 0 Å². The van der Waals surface area contributed by atoms with Gasteiger partial charge in [0, 0.05) is 19.8 Å². The highest BCUT2D eigenvalue weighted by Crippen LogP contribution is 2.26. The van der Waals surface area contributed by atoms with Crippen LogP contribution in [0, 0.1) is 17.8 Å². The molecule has 1 aliphatic heterocycles. The molecule has 19 heavy (non-hydrogen) atoms. The summed E-state index contributed by atoms with van der Waals surface area (Å²) in [7, 11) is 0. The van der Waals surface area contributed by atoms with E-state index in [2.05, 4.69) is 5.32 Å². The molecule has 2 aliphatic rings. The predicted octanol–water partition coefficient (Wildman–Crippen LogP) is 1.20. The molecule has 106 valence electrons. The molecular weight excluding hydrogens is 246 g/mol. The molecule has 0 radical (unpaired) electrons. The highest BCUT2D eigenvalue weighted by molar-refractivity contribution is 5.85. The summed E-state index contributed by atoms with van der Waals surface area (Å²) < 4.78 is 5.28. The molecule has 1 heterocycles. The zero-order valence-corrected chi connectivity index (χ0v) is 11.0. The highest BCUT2D eigenvalue weighted by atomic mass is 16.5. The molecule has 0 aromatic carbocycles. The Morgan fingerprint density at radius 3 is 2.63 bits per heavy atom. The number of carboxylic acid groups (broad SMARTS) is 1. The van der Waals surface area contributed by atoms with Crippen molar-refractivity contribution in [3.63, 3.8) is 0 Å². The van der Waals surface area contributed by atoms with E-state index in [0.29, 0.717) is 25.3 Å².